The molecule has 0 fully saturated rings. The molecular formula is C4H7ClN2O. The van der Waals surface area contributed by atoms with Crippen molar-refractivity contribution in [1.29, 1.82) is 5.41 Å². The number of amides is 1. The third-order valence-electron chi connectivity index (χ3n) is 0.493. The summed E-state index contributed by atoms with van der Waals surface area (Å²) >= 11 is 5.09. The van der Waals surface area contributed by atoms with Gasteiger partial charge in [0.15, 0.2) is 0 Å². The Morgan fingerprint density at radius 1 is 1.88 bits per heavy atom. The molecule has 1 amide bonds. The summed E-state index contributed by atoms with van der Waals surface area (Å²) in [5.74, 6) is -0.171. The van der Waals surface area contributed by atoms with E-state index >= 15 is 0 Å². The number of hydrogen-bond donors (Lipinski definition) is 2. The number of nitrogens with one attached hydrogen (secondary N) is 2. The molecule has 0 aromatic carbocycles. The van der Waals surface area contributed by atoms with Crippen LogP contribution in [0.1, 0.15) is 6.92 Å². The summed E-state index contributed by atoms with van der Waals surface area (Å²) in [5.41, 5.74) is 0. The molecule has 0 aromatic heterocycles. The topological polar surface area (TPSA) is 53.0 Å². The third-order valence-corrected chi connectivity index (χ3v) is 0.626. The second-order valence-electron chi connectivity index (χ2n) is 1.31. The van der Waals surface area contributed by atoms with E-state index in [0.717, 1.165) is 0 Å². The van der Waals surface area contributed by atoms with Gasteiger partial charge in [0.25, 0.3) is 0 Å². The van der Waals surface area contributed by atoms with Crippen molar-refractivity contribution in [2.45, 2.75) is 6.92 Å². The quantitative estimate of drug-likeness (QED) is 0.526. The summed E-state index contributed by atoms with van der Waals surface area (Å²) in [6.45, 7) is 1.51. The summed E-state index contributed by atoms with van der Waals surface area (Å²) < 4.78 is 0. The van der Waals surface area contributed by atoms with E-state index in [1.54, 1.807) is 0 Å². The number of hydrogen-bond acceptors (Lipinski definition) is 2. The predicted octanol–water partition coefficient (Wildman–Crippen LogP) is 0.339. The van der Waals surface area contributed by atoms with Crippen LogP contribution in [0.4, 0.5) is 0 Å². The highest BCUT2D eigenvalue weighted by molar-refractivity contribution is 6.65. The first kappa shape index (κ1) is 7.43. The Morgan fingerprint density at radius 2 is 2.38 bits per heavy atom. The molecule has 0 aliphatic heterocycles. The summed E-state index contributed by atoms with van der Waals surface area (Å²) in [6, 6.07) is 0. The van der Waals surface area contributed by atoms with E-state index in [4.69, 9.17) is 17.0 Å². The van der Waals surface area contributed by atoms with E-state index in [0.29, 0.717) is 0 Å². The minimum Gasteiger partial charge on any atom is -0.350 e. The SMILES string of the molecule is CC(=O)NCC(=N)Cl. The van der Waals surface area contributed by atoms with Gasteiger partial charge in [0.1, 0.15) is 5.17 Å². The monoisotopic (exact) mass is 134 g/mol. The lowest BCUT2D eigenvalue weighted by Crippen LogP contribution is -2.24. The Labute approximate surface area is 52.5 Å². The van der Waals surface area contributed by atoms with Crippen LogP contribution in [0.5, 0.6) is 0 Å². The van der Waals surface area contributed by atoms with Gasteiger partial charge in [0.05, 0.1) is 6.54 Å². The van der Waals surface area contributed by atoms with Crippen LogP contribution in [0.3, 0.4) is 0 Å². The van der Waals surface area contributed by atoms with Crippen LogP contribution in [0.25, 0.3) is 0 Å². The highest BCUT2D eigenvalue weighted by atomic mass is 35.5. The molecule has 0 bridgehead atoms. The molecule has 0 aliphatic rings. The lowest BCUT2D eigenvalue weighted by atomic mass is 10.6. The van der Waals surface area contributed by atoms with Gasteiger partial charge in [-0.25, -0.2) is 0 Å². The van der Waals surface area contributed by atoms with Crippen LogP contribution < -0.4 is 5.32 Å². The maximum Gasteiger partial charge on any atom is 0.217 e. The Bertz CT molecular complexity index is 98.6. The van der Waals surface area contributed by atoms with Crippen molar-refractivity contribution in [3.8, 4) is 0 Å². The third kappa shape index (κ3) is 5.43. The molecule has 0 radical (unpaired) electrons. The van der Waals surface area contributed by atoms with E-state index in [1.807, 2.05) is 0 Å². The molecule has 46 valence electrons. The zero-order valence-corrected chi connectivity index (χ0v) is 5.25. The van der Waals surface area contributed by atoms with Crippen LogP contribution in [0.2, 0.25) is 0 Å². The van der Waals surface area contributed by atoms with E-state index in [9.17, 15) is 4.79 Å². The number of carbonyl (C=O) groups is 1. The smallest absolute Gasteiger partial charge is 0.217 e. The second kappa shape index (κ2) is 3.43. The Kier molecular flexibility index (Phi) is 3.19. The van der Waals surface area contributed by atoms with Crippen LogP contribution in [0, 0.1) is 5.41 Å². The first-order valence-electron chi connectivity index (χ1n) is 2.10. The van der Waals surface area contributed by atoms with Gasteiger partial charge in [-0.15, -0.1) is 0 Å². The molecule has 0 spiro atoms. The molecule has 0 atom stereocenters. The fourth-order valence-corrected chi connectivity index (χ4v) is 0.269. The average molecular weight is 135 g/mol. The molecule has 8 heavy (non-hydrogen) atoms. The normalized spacial score (nSPS) is 8.25. The number of rotatable bonds is 2. The van der Waals surface area contributed by atoms with Crippen LogP contribution in [-0.2, 0) is 4.79 Å². The van der Waals surface area contributed by atoms with Gasteiger partial charge < -0.3 is 5.32 Å². The molecule has 0 rings (SSSR count). The fourth-order valence-electron chi connectivity index (χ4n) is 0.202. The number of halogens is 1. The van der Waals surface area contributed by atoms with Crippen LogP contribution in [-0.4, -0.2) is 17.6 Å². The second-order valence-corrected chi connectivity index (χ2v) is 1.77. The molecule has 0 saturated heterocycles. The largest absolute Gasteiger partial charge is 0.350 e. The Hall–Kier alpha value is -0.570. The summed E-state index contributed by atoms with van der Waals surface area (Å²) in [6.07, 6.45) is 0. The Morgan fingerprint density at radius 3 is 2.50 bits per heavy atom. The molecule has 0 heterocycles. The number of carbonyl (C=O) groups excluding carboxylic acids is 1. The van der Waals surface area contributed by atoms with Crippen molar-refractivity contribution in [1.82, 2.24) is 5.32 Å². The maximum atomic E-state index is 10.1. The lowest BCUT2D eigenvalue weighted by Gasteiger charge is -1.94. The first-order chi connectivity index (χ1) is 3.63. The fraction of sp³-hybridized carbons (Fsp3) is 0.500. The van der Waals surface area contributed by atoms with Crippen molar-refractivity contribution >= 4 is 22.7 Å². The van der Waals surface area contributed by atoms with Crippen molar-refractivity contribution in [2.24, 2.45) is 0 Å². The van der Waals surface area contributed by atoms with Gasteiger partial charge in [-0.2, -0.15) is 0 Å². The van der Waals surface area contributed by atoms with Gasteiger partial charge in [-0.3, -0.25) is 10.2 Å². The van der Waals surface area contributed by atoms with Crippen LogP contribution >= 0.6 is 11.6 Å². The van der Waals surface area contributed by atoms with Crippen molar-refractivity contribution in [3.63, 3.8) is 0 Å². The van der Waals surface area contributed by atoms with Gasteiger partial charge in [0.2, 0.25) is 5.91 Å². The summed E-state index contributed by atoms with van der Waals surface area (Å²) in [4.78, 5) is 10.1. The predicted molar refractivity (Wildman–Crippen MR) is 32.3 cm³/mol. The molecular weight excluding hydrogens is 128 g/mol. The van der Waals surface area contributed by atoms with Crippen molar-refractivity contribution < 1.29 is 4.79 Å². The van der Waals surface area contributed by atoms with Gasteiger partial charge in [-0.1, -0.05) is 11.6 Å². The van der Waals surface area contributed by atoms with E-state index in [2.05, 4.69) is 5.32 Å². The minimum absolute atomic E-state index is 0.0554. The molecule has 4 heteroatoms. The van der Waals surface area contributed by atoms with Crippen molar-refractivity contribution in [2.75, 3.05) is 6.54 Å². The molecule has 3 nitrogen and oxygen atoms in total. The summed E-state index contributed by atoms with van der Waals surface area (Å²) in [7, 11) is 0. The zero-order valence-electron chi connectivity index (χ0n) is 4.49. The molecule has 0 saturated carbocycles. The molecule has 0 aromatic rings. The van der Waals surface area contributed by atoms with E-state index < -0.39 is 0 Å². The van der Waals surface area contributed by atoms with Gasteiger partial charge in [0, 0.05) is 6.92 Å². The molecule has 0 unspecified atom stereocenters. The molecule has 2 N–H and O–H groups in total. The van der Waals surface area contributed by atoms with E-state index in [-0.39, 0.29) is 17.6 Å². The summed E-state index contributed by atoms with van der Waals surface area (Å²) in [5, 5.41) is 8.93. The highest BCUT2D eigenvalue weighted by Gasteiger charge is 1.90. The van der Waals surface area contributed by atoms with E-state index in [1.165, 1.54) is 6.92 Å². The standard InChI is InChI=1S/C4H7ClN2O/c1-3(8)7-2-4(5)6/h6H,2H2,1H3,(H,7,8). The van der Waals surface area contributed by atoms with Gasteiger partial charge in [-0.05, 0) is 0 Å². The maximum absolute atomic E-state index is 10.1. The molecule has 0 aliphatic carbocycles. The van der Waals surface area contributed by atoms with Crippen LogP contribution in [0.15, 0.2) is 0 Å². The first-order valence-corrected chi connectivity index (χ1v) is 2.48. The highest BCUT2D eigenvalue weighted by Crippen LogP contribution is 1.74. The van der Waals surface area contributed by atoms with Crippen molar-refractivity contribution in [3.05, 3.63) is 0 Å². The minimum atomic E-state index is -0.171. The lowest BCUT2D eigenvalue weighted by molar-refractivity contribution is -0.118. The Balaban J connectivity index is 3.18. The van der Waals surface area contributed by atoms with Gasteiger partial charge >= 0.3 is 0 Å². The average Bonchev–Trinajstić information content (AvgIpc) is 1.61. The zero-order chi connectivity index (χ0) is 6.57.